The molecule has 2 atom stereocenters. The van der Waals surface area contributed by atoms with E-state index in [0.29, 0.717) is 5.69 Å². The molecule has 0 amide bonds. The van der Waals surface area contributed by atoms with Crippen LogP contribution in [-0.4, -0.2) is 39.9 Å². The fourth-order valence-electron chi connectivity index (χ4n) is 2.13. The van der Waals surface area contributed by atoms with Gasteiger partial charge in [-0.2, -0.15) is 5.10 Å². The number of hydrazone groups is 1. The van der Waals surface area contributed by atoms with E-state index >= 15 is 0 Å². The number of carboxylic acid groups (broad SMARTS) is 2. The topological polar surface area (TPSA) is 116 Å². The zero-order chi connectivity index (χ0) is 15.6. The van der Waals surface area contributed by atoms with Crippen LogP contribution < -0.4 is 10.7 Å². The average molecular weight is 295 g/mol. The number of hydrogen-bond donors (Lipinski definition) is 3. The van der Waals surface area contributed by atoms with Gasteiger partial charge in [0.15, 0.2) is 0 Å². The number of hydrogen-bond acceptors (Lipinski definition) is 5. The minimum absolute atomic E-state index is 0.0347. The Kier molecular flexibility index (Phi) is 4.18. The molecule has 1 aliphatic rings. The highest BCUT2D eigenvalue weighted by molar-refractivity contribution is 6.36. The molecule has 112 valence electrons. The van der Waals surface area contributed by atoms with Gasteiger partial charge in [-0.3, -0.25) is 9.80 Å². The van der Waals surface area contributed by atoms with Gasteiger partial charge in [0.05, 0.1) is 11.7 Å². The molecule has 1 heterocycles. The summed E-state index contributed by atoms with van der Waals surface area (Å²) in [6, 6.07) is 3.72. The zero-order valence-corrected chi connectivity index (χ0v) is 10.9. The summed E-state index contributed by atoms with van der Waals surface area (Å²) in [7, 11) is 0. The maximum absolute atomic E-state index is 12.9. The van der Waals surface area contributed by atoms with E-state index < -0.39 is 29.8 Å². The first-order valence-corrected chi connectivity index (χ1v) is 6.22. The summed E-state index contributed by atoms with van der Waals surface area (Å²) in [5.41, 5.74) is 5.90. The fourth-order valence-corrected chi connectivity index (χ4v) is 2.13. The molecule has 4 N–H and O–H groups in total. The molecule has 1 aromatic rings. The molecule has 7 nitrogen and oxygen atoms in total. The Labute approximate surface area is 119 Å². The Morgan fingerprint density at radius 3 is 2.52 bits per heavy atom. The number of nitrogens with two attached hydrogens (primary N) is 1. The molecule has 0 aliphatic carbocycles. The molecule has 0 aromatic heterocycles. The quantitative estimate of drug-likeness (QED) is 0.734. The SMILES string of the molecule is N[C@H](C[C@H]1CC(C(=O)O)=NN1c1ccc(F)cc1)C(=O)O. The number of nitrogens with zero attached hydrogens (tertiary/aromatic N) is 2. The van der Waals surface area contributed by atoms with E-state index in [1.807, 2.05) is 0 Å². The molecule has 1 aromatic carbocycles. The van der Waals surface area contributed by atoms with Crippen LogP contribution in [0.5, 0.6) is 0 Å². The second-order valence-corrected chi connectivity index (χ2v) is 4.71. The molecule has 8 heteroatoms. The zero-order valence-electron chi connectivity index (χ0n) is 10.9. The molecule has 0 radical (unpaired) electrons. The van der Waals surface area contributed by atoms with Crippen molar-refractivity contribution < 1.29 is 24.2 Å². The van der Waals surface area contributed by atoms with Crippen LogP contribution in [0.1, 0.15) is 12.8 Å². The summed E-state index contributed by atoms with van der Waals surface area (Å²) in [6.45, 7) is 0. The van der Waals surface area contributed by atoms with Gasteiger partial charge in [0.1, 0.15) is 17.6 Å². The number of benzene rings is 1. The number of anilines is 1. The molecular weight excluding hydrogens is 281 g/mol. The van der Waals surface area contributed by atoms with Crippen molar-refractivity contribution in [1.29, 1.82) is 0 Å². The van der Waals surface area contributed by atoms with E-state index in [1.54, 1.807) is 0 Å². The molecular formula is C13H14FN3O4. The lowest BCUT2D eigenvalue weighted by molar-refractivity contribution is -0.138. The van der Waals surface area contributed by atoms with E-state index in [2.05, 4.69) is 5.10 Å². The lowest BCUT2D eigenvalue weighted by Crippen LogP contribution is -2.38. The maximum atomic E-state index is 12.9. The van der Waals surface area contributed by atoms with E-state index in [4.69, 9.17) is 15.9 Å². The first kappa shape index (κ1) is 14.9. The second-order valence-electron chi connectivity index (χ2n) is 4.71. The molecule has 0 fully saturated rings. The lowest BCUT2D eigenvalue weighted by atomic mass is 10.0. The molecule has 0 saturated carbocycles. The fraction of sp³-hybridized carbons (Fsp3) is 0.308. The van der Waals surface area contributed by atoms with Crippen molar-refractivity contribution in [2.75, 3.05) is 5.01 Å². The minimum Gasteiger partial charge on any atom is -0.480 e. The van der Waals surface area contributed by atoms with Gasteiger partial charge in [-0.15, -0.1) is 0 Å². The van der Waals surface area contributed by atoms with Crippen LogP contribution in [0.4, 0.5) is 10.1 Å². The van der Waals surface area contributed by atoms with Crippen LogP contribution in [0.2, 0.25) is 0 Å². The smallest absolute Gasteiger partial charge is 0.352 e. The van der Waals surface area contributed by atoms with Gasteiger partial charge in [-0.05, 0) is 30.7 Å². The molecule has 0 saturated heterocycles. The monoisotopic (exact) mass is 295 g/mol. The minimum atomic E-state index is -1.17. The predicted octanol–water partition coefficient (Wildman–Crippen LogP) is 0.647. The van der Waals surface area contributed by atoms with Crippen LogP contribution in [0, 0.1) is 5.82 Å². The Bertz CT molecular complexity index is 588. The summed E-state index contributed by atoms with van der Waals surface area (Å²) in [4.78, 5) is 21.9. The molecule has 21 heavy (non-hydrogen) atoms. The highest BCUT2D eigenvalue weighted by Gasteiger charge is 2.33. The van der Waals surface area contributed by atoms with Crippen molar-refractivity contribution >= 4 is 23.3 Å². The third-order valence-electron chi connectivity index (χ3n) is 3.18. The van der Waals surface area contributed by atoms with Gasteiger partial charge < -0.3 is 15.9 Å². The van der Waals surface area contributed by atoms with E-state index in [9.17, 15) is 14.0 Å². The summed E-state index contributed by atoms with van der Waals surface area (Å²) >= 11 is 0. The van der Waals surface area contributed by atoms with Crippen LogP contribution in [-0.2, 0) is 9.59 Å². The van der Waals surface area contributed by atoms with Crippen molar-refractivity contribution in [1.82, 2.24) is 0 Å². The highest BCUT2D eigenvalue weighted by Crippen LogP contribution is 2.27. The Balaban J connectivity index is 2.25. The standard InChI is InChI=1S/C13H14FN3O4/c14-7-1-3-8(4-2-7)17-9(5-10(15)12(18)19)6-11(16-17)13(20)21/h1-4,9-10H,5-6,15H2,(H,18,19)(H,20,21)/t9-,10+/m0/s1. The number of aliphatic carboxylic acids is 2. The highest BCUT2D eigenvalue weighted by atomic mass is 19.1. The van der Waals surface area contributed by atoms with Crippen LogP contribution in [0.15, 0.2) is 29.4 Å². The molecule has 0 bridgehead atoms. The summed E-state index contributed by atoms with van der Waals surface area (Å²) in [6.07, 6.45) is 0.112. The molecule has 2 rings (SSSR count). The Morgan fingerprint density at radius 2 is 2.00 bits per heavy atom. The van der Waals surface area contributed by atoms with E-state index in [0.717, 1.165) is 0 Å². The first-order chi connectivity index (χ1) is 9.88. The lowest BCUT2D eigenvalue weighted by Gasteiger charge is -2.24. The van der Waals surface area contributed by atoms with Gasteiger partial charge in [-0.1, -0.05) is 0 Å². The van der Waals surface area contributed by atoms with Gasteiger partial charge >= 0.3 is 11.9 Å². The van der Waals surface area contributed by atoms with Crippen LogP contribution in [0.25, 0.3) is 0 Å². The second kappa shape index (κ2) is 5.88. The van der Waals surface area contributed by atoms with Crippen LogP contribution >= 0.6 is 0 Å². The van der Waals surface area contributed by atoms with E-state index in [1.165, 1.54) is 29.3 Å². The number of halogens is 1. The summed E-state index contributed by atoms with van der Waals surface area (Å²) in [5.74, 6) is -2.77. The predicted molar refractivity (Wildman–Crippen MR) is 72.6 cm³/mol. The van der Waals surface area contributed by atoms with Gasteiger partial charge in [-0.25, -0.2) is 9.18 Å². The van der Waals surface area contributed by atoms with Gasteiger partial charge in [0.2, 0.25) is 0 Å². The number of rotatable bonds is 5. The Hall–Kier alpha value is -2.48. The third kappa shape index (κ3) is 3.34. The van der Waals surface area contributed by atoms with Crippen molar-refractivity contribution in [3.05, 3.63) is 30.1 Å². The summed E-state index contributed by atoms with van der Waals surface area (Å²) in [5, 5.41) is 23.2. The van der Waals surface area contributed by atoms with Gasteiger partial charge in [0, 0.05) is 6.42 Å². The van der Waals surface area contributed by atoms with E-state index in [-0.39, 0.29) is 18.6 Å². The number of carboxylic acids is 2. The van der Waals surface area contributed by atoms with Crippen molar-refractivity contribution in [2.45, 2.75) is 24.9 Å². The third-order valence-corrected chi connectivity index (χ3v) is 3.18. The van der Waals surface area contributed by atoms with Crippen molar-refractivity contribution in [3.8, 4) is 0 Å². The largest absolute Gasteiger partial charge is 0.480 e. The van der Waals surface area contributed by atoms with Crippen molar-refractivity contribution in [3.63, 3.8) is 0 Å². The molecule has 0 spiro atoms. The van der Waals surface area contributed by atoms with Crippen molar-refractivity contribution in [2.24, 2.45) is 10.8 Å². The van der Waals surface area contributed by atoms with Gasteiger partial charge in [0.25, 0.3) is 0 Å². The van der Waals surface area contributed by atoms with Crippen LogP contribution in [0.3, 0.4) is 0 Å². The normalized spacial score (nSPS) is 19.2. The average Bonchev–Trinajstić information content (AvgIpc) is 2.83. The maximum Gasteiger partial charge on any atom is 0.352 e. The summed E-state index contributed by atoms with van der Waals surface area (Å²) < 4.78 is 12.9. The number of carbonyl (C=O) groups is 2. The Morgan fingerprint density at radius 1 is 1.38 bits per heavy atom. The first-order valence-electron chi connectivity index (χ1n) is 6.22. The molecule has 0 unspecified atom stereocenters. The molecule has 1 aliphatic heterocycles.